The Morgan fingerprint density at radius 1 is 0.853 bits per heavy atom. The molecule has 68 heavy (non-hydrogen) atoms. The van der Waals surface area contributed by atoms with Gasteiger partial charge in [-0.25, -0.2) is 4.98 Å². The number of halogens is 4. The summed E-state index contributed by atoms with van der Waals surface area (Å²) in [6, 6.07) is 22.9. The third-order valence-electron chi connectivity index (χ3n) is 12.6. The fraction of sp³-hybridized carbons (Fsp3) is 0.347. The number of aromatic hydroxyl groups is 1. The first-order valence-corrected chi connectivity index (χ1v) is 22.8. The van der Waals surface area contributed by atoms with Crippen molar-refractivity contribution in [2.75, 3.05) is 57.5 Å². The molecule has 9 rings (SSSR count). The van der Waals surface area contributed by atoms with Crippen molar-refractivity contribution in [2.45, 2.75) is 57.3 Å². The highest BCUT2D eigenvalue weighted by atomic mass is 35.5. The van der Waals surface area contributed by atoms with Gasteiger partial charge in [0.2, 0.25) is 29.5 Å². The van der Waals surface area contributed by atoms with Crippen molar-refractivity contribution in [3.05, 3.63) is 123 Å². The zero-order valence-electron chi connectivity index (χ0n) is 36.9. The number of anilines is 1. The average Bonchev–Trinajstić information content (AvgIpc) is 4.01. The number of nitrogens with zero attached hydrogens (tertiary/aromatic N) is 6. The Morgan fingerprint density at radius 2 is 1.59 bits per heavy atom. The maximum absolute atomic E-state index is 13.4. The summed E-state index contributed by atoms with van der Waals surface area (Å²) in [6.07, 6.45) is -1.54. The maximum Gasteiger partial charge on any atom is 0.416 e. The van der Waals surface area contributed by atoms with Crippen LogP contribution in [-0.2, 0) is 55.8 Å². The number of imidazole rings is 1. The fourth-order valence-corrected chi connectivity index (χ4v) is 9.06. The standard InChI is InChI=1S/C49H48ClF3N8O7/c50-35-12-16-39-40(27-35)55-48(54-39)61-47(66)38(44(57-61)32-8-10-34(11-9-32)49(51,52)53)14-7-31-5-3-30(4-6-31)2-1-23-67-24-25-68-29-43(63)59-21-19-58(20-22-59)36-13-15-37-33(26-36)28-60(46(37)65)41-17-18-42(62)56-45(41)64/h3-6,8-13,15-16,26-27,41,66H,1-2,7,14,17-25,28-29H2,(H,54,55)(H,56,62,64). The van der Waals surface area contributed by atoms with E-state index in [0.717, 1.165) is 47.4 Å². The van der Waals surface area contributed by atoms with Crippen molar-refractivity contribution in [3.8, 4) is 23.1 Å². The molecule has 1 atom stereocenters. The number of aromatic amines is 1. The van der Waals surface area contributed by atoms with Crippen LogP contribution in [0.3, 0.4) is 0 Å². The van der Waals surface area contributed by atoms with Crippen molar-refractivity contribution in [1.82, 2.24) is 34.9 Å². The van der Waals surface area contributed by atoms with Crippen molar-refractivity contribution >= 4 is 52.0 Å². The monoisotopic (exact) mass is 952 g/mol. The summed E-state index contributed by atoms with van der Waals surface area (Å²) in [5.74, 6) is -0.999. The van der Waals surface area contributed by atoms with Crippen molar-refractivity contribution in [3.63, 3.8) is 0 Å². The molecule has 354 valence electrons. The SMILES string of the molecule is O=C1CCC(N2Cc3cc(N4CCN(C(=O)COCCOCCCc5ccc(CCc6c(-c7ccc(C(F)(F)F)cc7)nn(-c7nc8cc(Cl)ccc8[nH]7)c6O)cc5)CC4)ccc3C2=O)C(=O)N1. The molecule has 19 heteroatoms. The zero-order valence-corrected chi connectivity index (χ0v) is 37.6. The summed E-state index contributed by atoms with van der Waals surface area (Å²) in [6.45, 7) is 3.72. The van der Waals surface area contributed by atoms with Crippen LogP contribution in [0.4, 0.5) is 18.9 Å². The molecule has 3 aliphatic rings. The topological polar surface area (TPSA) is 175 Å². The molecular weight excluding hydrogens is 905 g/mol. The van der Waals surface area contributed by atoms with Gasteiger partial charge in [-0.05, 0) is 97.3 Å². The van der Waals surface area contributed by atoms with Gasteiger partial charge in [0.1, 0.15) is 18.3 Å². The lowest BCUT2D eigenvalue weighted by molar-refractivity contribution is -0.138. The van der Waals surface area contributed by atoms with E-state index in [9.17, 15) is 37.5 Å². The van der Waals surface area contributed by atoms with Crippen molar-refractivity contribution in [1.29, 1.82) is 0 Å². The van der Waals surface area contributed by atoms with Crippen LogP contribution in [0.5, 0.6) is 5.88 Å². The lowest BCUT2D eigenvalue weighted by Gasteiger charge is -2.36. The Bertz CT molecular complexity index is 2840. The van der Waals surface area contributed by atoms with Crippen molar-refractivity contribution in [2.24, 2.45) is 0 Å². The van der Waals surface area contributed by atoms with Crippen LogP contribution in [-0.4, -0.2) is 117 Å². The number of hydrogen-bond donors (Lipinski definition) is 3. The van der Waals surface area contributed by atoms with Crippen LogP contribution in [0.1, 0.15) is 57.4 Å². The minimum absolute atomic E-state index is 0.0395. The van der Waals surface area contributed by atoms with Crippen LogP contribution in [0, 0.1) is 0 Å². The number of hydrogen-bond acceptors (Lipinski definition) is 10. The Morgan fingerprint density at radius 3 is 2.32 bits per heavy atom. The van der Waals surface area contributed by atoms with E-state index in [-0.39, 0.29) is 49.2 Å². The molecule has 2 fully saturated rings. The lowest BCUT2D eigenvalue weighted by Crippen LogP contribution is -2.52. The van der Waals surface area contributed by atoms with Crippen LogP contribution < -0.4 is 10.2 Å². The van der Waals surface area contributed by atoms with E-state index in [2.05, 4.69) is 25.3 Å². The molecule has 2 aromatic heterocycles. The molecule has 3 aliphatic heterocycles. The van der Waals surface area contributed by atoms with E-state index in [1.807, 2.05) is 36.4 Å². The molecule has 4 aromatic carbocycles. The van der Waals surface area contributed by atoms with Gasteiger partial charge in [-0.2, -0.15) is 23.0 Å². The van der Waals surface area contributed by atoms with Gasteiger partial charge in [-0.1, -0.05) is 48.0 Å². The maximum atomic E-state index is 13.4. The number of carbonyl (C=O) groups is 4. The molecule has 2 saturated heterocycles. The predicted molar refractivity (Wildman–Crippen MR) is 245 cm³/mol. The number of H-pyrrole nitrogens is 1. The largest absolute Gasteiger partial charge is 0.493 e. The first-order chi connectivity index (χ1) is 32.8. The van der Waals surface area contributed by atoms with Crippen molar-refractivity contribution < 1.29 is 46.9 Å². The summed E-state index contributed by atoms with van der Waals surface area (Å²) in [5.41, 5.74) is 6.15. The molecule has 0 radical (unpaired) electrons. The third-order valence-corrected chi connectivity index (χ3v) is 12.9. The summed E-state index contributed by atoms with van der Waals surface area (Å²) in [7, 11) is 0. The molecule has 6 aromatic rings. The number of ether oxygens (including phenoxy) is 2. The number of aryl methyl sites for hydroxylation is 2. The number of imide groups is 1. The molecule has 5 heterocycles. The van der Waals surface area contributed by atoms with E-state index in [1.54, 1.807) is 29.2 Å². The number of piperazine rings is 1. The van der Waals surface area contributed by atoms with Gasteiger partial charge >= 0.3 is 6.18 Å². The molecule has 0 spiro atoms. The Labute approximate surface area is 393 Å². The number of nitrogens with one attached hydrogen (secondary N) is 2. The number of fused-ring (bicyclic) bond motifs is 2. The van der Waals surface area contributed by atoms with Gasteiger partial charge in [-0.15, -0.1) is 0 Å². The second kappa shape index (κ2) is 19.8. The number of carbonyl (C=O) groups excluding carboxylic acids is 4. The molecule has 4 amide bonds. The number of alkyl halides is 3. The van der Waals surface area contributed by atoms with Crippen LogP contribution in [0.2, 0.25) is 5.02 Å². The summed E-state index contributed by atoms with van der Waals surface area (Å²) < 4.78 is 52.8. The fourth-order valence-electron chi connectivity index (χ4n) is 8.90. The van der Waals surface area contributed by atoms with Gasteiger partial charge in [-0.3, -0.25) is 24.5 Å². The highest BCUT2D eigenvalue weighted by Gasteiger charge is 2.39. The lowest BCUT2D eigenvalue weighted by atomic mass is 9.99. The predicted octanol–water partition coefficient (Wildman–Crippen LogP) is 6.65. The molecule has 0 bridgehead atoms. The van der Waals surface area contributed by atoms with Crippen LogP contribution >= 0.6 is 11.6 Å². The number of benzene rings is 4. The Balaban J connectivity index is 0.690. The summed E-state index contributed by atoms with van der Waals surface area (Å²) >= 11 is 6.15. The molecule has 3 N–H and O–H groups in total. The second-order valence-electron chi connectivity index (χ2n) is 17.1. The van der Waals surface area contributed by atoms with Crippen LogP contribution in [0.25, 0.3) is 28.2 Å². The van der Waals surface area contributed by atoms with Gasteiger partial charge in [0.05, 0.1) is 29.8 Å². The number of piperidine rings is 1. The van der Waals surface area contributed by atoms with E-state index in [0.29, 0.717) is 104 Å². The zero-order chi connectivity index (χ0) is 47.5. The van der Waals surface area contributed by atoms with Crippen LogP contribution in [0.15, 0.2) is 84.9 Å². The minimum Gasteiger partial charge on any atom is -0.493 e. The normalized spacial score (nSPS) is 16.5. The highest BCUT2D eigenvalue weighted by molar-refractivity contribution is 6.31. The molecule has 0 aliphatic carbocycles. The first-order valence-electron chi connectivity index (χ1n) is 22.5. The van der Waals surface area contributed by atoms with E-state index in [4.69, 9.17) is 21.1 Å². The van der Waals surface area contributed by atoms with Gasteiger partial charge in [0, 0.05) is 73.2 Å². The second-order valence-corrected chi connectivity index (χ2v) is 17.5. The number of aromatic nitrogens is 4. The number of amides is 4. The minimum atomic E-state index is -4.49. The van der Waals surface area contributed by atoms with E-state index in [1.165, 1.54) is 21.7 Å². The quantitative estimate of drug-likeness (QED) is 0.0704. The summed E-state index contributed by atoms with van der Waals surface area (Å²) in [4.78, 5) is 63.1. The number of rotatable bonds is 16. The first kappa shape index (κ1) is 46.4. The molecular formula is C49H48ClF3N8O7. The molecule has 0 saturated carbocycles. The molecule has 1 unspecified atom stereocenters. The summed E-state index contributed by atoms with van der Waals surface area (Å²) in [5, 5.41) is 18.9. The Hall–Kier alpha value is -6.76. The van der Waals surface area contributed by atoms with Gasteiger partial charge in [0.15, 0.2) is 0 Å². The van der Waals surface area contributed by atoms with E-state index < -0.39 is 23.7 Å². The van der Waals surface area contributed by atoms with Gasteiger partial charge < -0.3 is 34.3 Å². The third kappa shape index (κ3) is 10.2. The molecule has 15 nitrogen and oxygen atoms in total. The van der Waals surface area contributed by atoms with Gasteiger partial charge in [0.25, 0.3) is 5.91 Å². The van der Waals surface area contributed by atoms with E-state index >= 15 is 0 Å². The smallest absolute Gasteiger partial charge is 0.416 e. The highest BCUT2D eigenvalue weighted by Crippen LogP contribution is 2.36. The Kier molecular flexibility index (Phi) is 13.5. The average molecular weight is 953 g/mol.